The lowest BCUT2D eigenvalue weighted by Crippen LogP contribution is -2.40. The summed E-state index contributed by atoms with van der Waals surface area (Å²) < 4.78 is 59.9. The molecule has 3 aromatic carbocycles. The van der Waals surface area contributed by atoms with Crippen molar-refractivity contribution in [2.75, 3.05) is 11.4 Å². The van der Waals surface area contributed by atoms with Crippen LogP contribution in [0.3, 0.4) is 0 Å². The fourth-order valence-electron chi connectivity index (χ4n) is 3.99. The third-order valence-corrected chi connectivity index (χ3v) is 5.88. The number of hydrogen-bond acceptors (Lipinski definition) is 3. The summed E-state index contributed by atoms with van der Waals surface area (Å²) in [6.45, 7) is 1.54. The van der Waals surface area contributed by atoms with E-state index in [9.17, 15) is 22.7 Å². The maximum atomic E-state index is 14.4. The average Bonchev–Trinajstić information content (AvgIpc) is 2.84. The van der Waals surface area contributed by atoms with Gasteiger partial charge in [-0.15, -0.1) is 0 Å². The van der Waals surface area contributed by atoms with Gasteiger partial charge in [0.1, 0.15) is 17.7 Å². The summed E-state index contributed by atoms with van der Waals surface area (Å²) in [5, 5.41) is 9.83. The smallest absolute Gasteiger partial charge is 0.416 e. The molecule has 7 heteroatoms. The Kier molecular flexibility index (Phi) is 10.2. The molecule has 0 amide bonds. The molecule has 0 fully saturated rings. The van der Waals surface area contributed by atoms with Gasteiger partial charge in [0, 0.05) is 24.7 Å². The molecule has 0 aromatic heterocycles. The molecule has 2 atom stereocenters. The number of aliphatic hydroxyl groups is 1. The van der Waals surface area contributed by atoms with Crippen LogP contribution in [-0.2, 0) is 13.0 Å². The van der Waals surface area contributed by atoms with Crippen molar-refractivity contribution in [1.29, 1.82) is 0 Å². The summed E-state index contributed by atoms with van der Waals surface area (Å²) in [5.41, 5.74) is 2.01. The second-order valence-corrected chi connectivity index (χ2v) is 8.97. The molecule has 0 aliphatic heterocycles. The maximum Gasteiger partial charge on any atom is 0.416 e. The standard InChI is InChI=1S/C29H33F4NO2/c1-2-3-5-12-24(30)18-22-10-8-11-23(17-22)20-34(21-28(35)29(31,32)33)25-13-9-16-27(19-25)36-26-14-6-4-7-15-26/h4,6-11,13-17,19,24,28,35H,2-3,5,12,18,20-21H2,1H3. The van der Waals surface area contributed by atoms with Gasteiger partial charge in [-0.1, -0.05) is 74.7 Å². The Morgan fingerprint density at radius 3 is 2.28 bits per heavy atom. The molecule has 194 valence electrons. The Balaban J connectivity index is 1.79. The Labute approximate surface area is 210 Å². The molecular formula is C29H33F4NO2. The largest absolute Gasteiger partial charge is 0.457 e. The minimum atomic E-state index is -4.75. The fourth-order valence-corrected chi connectivity index (χ4v) is 3.99. The van der Waals surface area contributed by atoms with E-state index in [2.05, 4.69) is 6.92 Å². The van der Waals surface area contributed by atoms with Gasteiger partial charge in [-0.25, -0.2) is 4.39 Å². The molecule has 3 aromatic rings. The number of unbranched alkanes of at least 4 members (excludes halogenated alkanes) is 2. The number of halogens is 4. The van der Waals surface area contributed by atoms with E-state index in [1.807, 2.05) is 30.3 Å². The van der Waals surface area contributed by atoms with E-state index in [1.54, 1.807) is 48.5 Å². The second-order valence-electron chi connectivity index (χ2n) is 8.97. The topological polar surface area (TPSA) is 32.7 Å². The lowest BCUT2D eigenvalue weighted by Gasteiger charge is -2.29. The van der Waals surface area contributed by atoms with Crippen molar-refractivity contribution in [3.63, 3.8) is 0 Å². The molecule has 1 N–H and O–H groups in total. The predicted molar refractivity (Wildman–Crippen MR) is 135 cm³/mol. The summed E-state index contributed by atoms with van der Waals surface area (Å²) in [6, 6.07) is 23.0. The van der Waals surface area contributed by atoms with Gasteiger partial charge in [0.15, 0.2) is 6.10 Å². The van der Waals surface area contributed by atoms with Gasteiger partial charge >= 0.3 is 6.18 Å². The van der Waals surface area contributed by atoms with Crippen molar-refractivity contribution in [1.82, 2.24) is 0 Å². The first-order valence-corrected chi connectivity index (χ1v) is 12.3. The molecule has 0 saturated heterocycles. The summed E-state index contributed by atoms with van der Waals surface area (Å²) in [5.74, 6) is 1.07. The second kappa shape index (κ2) is 13.3. The van der Waals surface area contributed by atoms with E-state index in [-0.39, 0.29) is 13.0 Å². The van der Waals surface area contributed by atoms with Crippen LogP contribution in [-0.4, -0.2) is 30.1 Å². The quantitative estimate of drug-likeness (QED) is 0.190. The van der Waals surface area contributed by atoms with Gasteiger partial charge in [-0.2, -0.15) is 13.2 Å². The lowest BCUT2D eigenvalue weighted by molar-refractivity contribution is -0.200. The molecule has 0 bridgehead atoms. The number of nitrogens with zero attached hydrogens (tertiary/aromatic N) is 1. The number of alkyl halides is 4. The zero-order valence-corrected chi connectivity index (χ0v) is 20.4. The van der Waals surface area contributed by atoms with E-state index in [0.29, 0.717) is 23.6 Å². The van der Waals surface area contributed by atoms with Crippen LogP contribution in [0.1, 0.15) is 43.7 Å². The van der Waals surface area contributed by atoms with Gasteiger partial charge in [-0.05, 0) is 41.8 Å². The Bertz CT molecular complexity index is 1060. The number of anilines is 1. The molecule has 3 nitrogen and oxygen atoms in total. The number of aliphatic hydroxyl groups excluding tert-OH is 1. The number of ether oxygens (including phenoxy) is 1. The third-order valence-electron chi connectivity index (χ3n) is 5.88. The van der Waals surface area contributed by atoms with E-state index < -0.39 is 25.0 Å². The lowest BCUT2D eigenvalue weighted by atomic mass is 10.0. The van der Waals surface area contributed by atoms with Crippen LogP contribution in [0.2, 0.25) is 0 Å². The van der Waals surface area contributed by atoms with Crippen molar-refractivity contribution in [3.8, 4) is 11.5 Å². The van der Waals surface area contributed by atoms with E-state index in [1.165, 1.54) is 4.90 Å². The van der Waals surface area contributed by atoms with Crippen LogP contribution < -0.4 is 9.64 Å². The maximum absolute atomic E-state index is 14.4. The molecular weight excluding hydrogens is 470 g/mol. The van der Waals surface area contributed by atoms with Crippen LogP contribution in [0.5, 0.6) is 11.5 Å². The Morgan fingerprint density at radius 1 is 0.861 bits per heavy atom. The van der Waals surface area contributed by atoms with Crippen LogP contribution in [0, 0.1) is 0 Å². The zero-order chi connectivity index (χ0) is 26.0. The summed E-state index contributed by atoms with van der Waals surface area (Å²) >= 11 is 0. The van der Waals surface area contributed by atoms with Crippen molar-refractivity contribution in [2.24, 2.45) is 0 Å². The van der Waals surface area contributed by atoms with Crippen molar-refractivity contribution in [2.45, 2.75) is 64.0 Å². The highest BCUT2D eigenvalue weighted by Crippen LogP contribution is 2.29. The van der Waals surface area contributed by atoms with Crippen LogP contribution in [0.4, 0.5) is 23.2 Å². The molecule has 36 heavy (non-hydrogen) atoms. The predicted octanol–water partition coefficient (Wildman–Crippen LogP) is 7.87. The molecule has 2 unspecified atom stereocenters. The summed E-state index contributed by atoms with van der Waals surface area (Å²) in [7, 11) is 0. The number of benzene rings is 3. The first-order chi connectivity index (χ1) is 17.2. The summed E-state index contributed by atoms with van der Waals surface area (Å²) in [6.07, 6.45) is -4.61. The number of hydrogen-bond donors (Lipinski definition) is 1. The fraction of sp³-hybridized carbons (Fsp3) is 0.379. The van der Waals surface area contributed by atoms with Crippen LogP contribution in [0.25, 0.3) is 0 Å². The number of para-hydroxylation sites is 1. The Hall–Kier alpha value is -3.06. The highest BCUT2D eigenvalue weighted by Gasteiger charge is 2.39. The molecule has 0 aliphatic carbocycles. The monoisotopic (exact) mass is 503 g/mol. The van der Waals surface area contributed by atoms with E-state index in [0.717, 1.165) is 30.4 Å². The summed E-state index contributed by atoms with van der Waals surface area (Å²) in [4.78, 5) is 1.46. The highest BCUT2D eigenvalue weighted by molar-refractivity contribution is 5.52. The first-order valence-electron chi connectivity index (χ1n) is 12.3. The number of rotatable bonds is 13. The zero-order valence-electron chi connectivity index (χ0n) is 20.4. The van der Waals surface area contributed by atoms with Gasteiger partial charge < -0.3 is 14.7 Å². The molecule has 0 heterocycles. The van der Waals surface area contributed by atoms with Crippen LogP contribution in [0.15, 0.2) is 78.9 Å². The van der Waals surface area contributed by atoms with Crippen molar-refractivity contribution < 1.29 is 27.4 Å². The minimum Gasteiger partial charge on any atom is -0.457 e. The van der Waals surface area contributed by atoms with Gasteiger partial charge in [0.05, 0.1) is 6.54 Å². The third kappa shape index (κ3) is 8.86. The van der Waals surface area contributed by atoms with Gasteiger partial charge in [0.2, 0.25) is 0 Å². The molecule has 0 radical (unpaired) electrons. The van der Waals surface area contributed by atoms with E-state index >= 15 is 0 Å². The van der Waals surface area contributed by atoms with Gasteiger partial charge in [0.25, 0.3) is 0 Å². The van der Waals surface area contributed by atoms with Crippen molar-refractivity contribution in [3.05, 3.63) is 90.0 Å². The molecule has 0 saturated carbocycles. The van der Waals surface area contributed by atoms with E-state index in [4.69, 9.17) is 4.74 Å². The Morgan fingerprint density at radius 2 is 1.56 bits per heavy atom. The first kappa shape index (κ1) is 27.5. The van der Waals surface area contributed by atoms with Crippen LogP contribution >= 0.6 is 0 Å². The average molecular weight is 504 g/mol. The highest BCUT2D eigenvalue weighted by atomic mass is 19.4. The SMILES string of the molecule is CCCCCC(F)Cc1cccc(CN(CC(O)C(F)(F)F)c2cccc(Oc3ccccc3)c2)c1. The molecule has 0 spiro atoms. The minimum absolute atomic E-state index is 0.114. The molecule has 3 rings (SSSR count). The normalized spacial score (nSPS) is 13.3. The van der Waals surface area contributed by atoms with Crippen molar-refractivity contribution >= 4 is 5.69 Å². The van der Waals surface area contributed by atoms with Gasteiger partial charge in [-0.3, -0.25) is 0 Å². The molecule has 0 aliphatic rings.